The van der Waals surface area contributed by atoms with Gasteiger partial charge in [0.2, 0.25) is 0 Å². The van der Waals surface area contributed by atoms with Gasteiger partial charge in [-0.3, -0.25) is 0 Å². The van der Waals surface area contributed by atoms with Crippen LogP contribution in [0.5, 0.6) is 11.5 Å². The number of hydrogen-bond donors (Lipinski definition) is 0. The van der Waals surface area contributed by atoms with E-state index in [0.717, 1.165) is 35.9 Å². The van der Waals surface area contributed by atoms with Gasteiger partial charge in [0.15, 0.2) is 5.75 Å². The molecule has 0 spiro atoms. The fourth-order valence-electron chi connectivity index (χ4n) is 3.26. The van der Waals surface area contributed by atoms with Crippen molar-refractivity contribution in [2.45, 2.75) is 32.0 Å². The highest BCUT2D eigenvalue weighted by molar-refractivity contribution is 5.41. The van der Waals surface area contributed by atoms with Crippen molar-refractivity contribution < 1.29 is 14.5 Å². The summed E-state index contributed by atoms with van der Waals surface area (Å²) in [5.41, 5.74) is 2.27. The number of rotatable bonds is 8. The lowest BCUT2D eigenvalue weighted by Gasteiger charge is -2.23. The van der Waals surface area contributed by atoms with E-state index in [1.807, 2.05) is 24.3 Å². The van der Waals surface area contributed by atoms with Gasteiger partial charge >= 0.3 is 0 Å². The Morgan fingerprint density at radius 2 is 2.00 bits per heavy atom. The average Bonchev–Trinajstić information content (AvgIpc) is 3.32. The van der Waals surface area contributed by atoms with E-state index in [1.165, 1.54) is 24.9 Å². The van der Waals surface area contributed by atoms with E-state index in [9.17, 15) is 0 Å². The molecule has 2 aromatic carbocycles. The third-order valence-corrected chi connectivity index (χ3v) is 4.89. The van der Waals surface area contributed by atoms with Gasteiger partial charge in [0.1, 0.15) is 18.5 Å². The highest BCUT2D eigenvalue weighted by atomic mass is 17.2. The zero-order chi connectivity index (χ0) is 17.1. The molecule has 1 heterocycles. The van der Waals surface area contributed by atoms with Gasteiger partial charge < -0.3 is 14.5 Å². The van der Waals surface area contributed by atoms with Crippen LogP contribution in [0.25, 0.3) is 0 Å². The van der Waals surface area contributed by atoms with E-state index < -0.39 is 0 Å². The fraction of sp³-hybridized carbons (Fsp3) is 0.429. The molecule has 1 aliphatic carbocycles. The van der Waals surface area contributed by atoms with Gasteiger partial charge in [0.25, 0.3) is 0 Å². The second-order valence-corrected chi connectivity index (χ2v) is 7.13. The van der Waals surface area contributed by atoms with Crippen LogP contribution >= 0.6 is 0 Å². The Morgan fingerprint density at radius 1 is 1.16 bits per heavy atom. The minimum absolute atomic E-state index is 0.0308. The molecule has 0 N–H and O–H groups in total. The number of ether oxygens (including phenoxy) is 1. The predicted molar refractivity (Wildman–Crippen MR) is 96.5 cm³/mol. The summed E-state index contributed by atoms with van der Waals surface area (Å²) < 4.78 is 6.33. The van der Waals surface area contributed by atoms with Crippen LogP contribution in [-0.4, -0.2) is 25.0 Å². The molecule has 4 heteroatoms. The molecule has 2 aromatic rings. The molecule has 132 valence electrons. The first kappa shape index (κ1) is 16.4. The van der Waals surface area contributed by atoms with Crippen LogP contribution in [0.1, 0.15) is 36.5 Å². The van der Waals surface area contributed by atoms with Crippen LogP contribution in [0.4, 0.5) is 0 Å². The Kier molecular flexibility index (Phi) is 4.90. The second-order valence-electron chi connectivity index (χ2n) is 7.13. The number of hydrogen-bond acceptors (Lipinski definition) is 4. The molecule has 25 heavy (non-hydrogen) atoms. The normalized spacial score (nSPS) is 17.2. The summed E-state index contributed by atoms with van der Waals surface area (Å²) in [5, 5.41) is 0. The highest BCUT2D eigenvalue weighted by Gasteiger charge is 2.23. The van der Waals surface area contributed by atoms with Crippen LogP contribution in [-0.2, 0) is 11.5 Å². The van der Waals surface area contributed by atoms with E-state index in [-0.39, 0.29) is 6.10 Å². The SMILES string of the molecule is CN(CCC(Oc1ccc2c(c1)OOC2)c1ccccc1)CC1CC1. The molecule has 4 nitrogen and oxygen atoms in total. The Bertz CT molecular complexity index is 700. The van der Waals surface area contributed by atoms with Crippen LogP contribution in [0, 0.1) is 5.92 Å². The van der Waals surface area contributed by atoms with Crippen molar-refractivity contribution >= 4 is 0 Å². The van der Waals surface area contributed by atoms with Gasteiger partial charge in [0, 0.05) is 31.1 Å². The number of fused-ring (bicyclic) bond motifs is 1. The Balaban J connectivity index is 1.45. The molecule has 1 unspecified atom stereocenters. The van der Waals surface area contributed by atoms with Gasteiger partial charge in [-0.1, -0.05) is 30.3 Å². The molecule has 4 rings (SSSR count). The maximum atomic E-state index is 6.33. The van der Waals surface area contributed by atoms with Gasteiger partial charge in [-0.25, -0.2) is 0 Å². The minimum Gasteiger partial charge on any atom is -0.486 e. The summed E-state index contributed by atoms with van der Waals surface area (Å²) >= 11 is 0. The first-order chi connectivity index (χ1) is 12.3. The lowest BCUT2D eigenvalue weighted by molar-refractivity contribution is -0.194. The molecule has 1 fully saturated rings. The van der Waals surface area contributed by atoms with E-state index in [1.54, 1.807) is 0 Å². The van der Waals surface area contributed by atoms with Gasteiger partial charge in [-0.2, -0.15) is 4.89 Å². The topological polar surface area (TPSA) is 30.9 Å². The smallest absolute Gasteiger partial charge is 0.174 e. The van der Waals surface area contributed by atoms with E-state index in [0.29, 0.717) is 6.61 Å². The summed E-state index contributed by atoms with van der Waals surface area (Å²) in [6, 6.07) is 16.4. The lowest BCUT2D eigenvalue weighted by atomic mass is 10.1. The maximum absolute atomic E-state index is 6.33. The fourth-order valence-corrected chi connectivity index (χ4v) is 3.26. The summed E-state index contributed by atoms with van der Waals surface area (Å²) in [5.74, 6) is 2.49. The van der Waals surface area contributed by atoms with Crippen LogP contribution in [0.2, 0.25) is 0 Å². The van der Waals surface area contributed by atoms with Crippen LogP contribution in [0.3, 0.4) is 0 Å². The van der Waals surface area contributed by atoms with Crippen molar-refractivity contribution in [3.63, 3.8) is 0 Å². The molecule has 1 saturated carbocycles. The summed E-state index contributed by atoms with van der Waals surface area (Å²) in [6.45, 7) is 2.73. The number of benzene rings is 2. The highest BCUT2D eigenvalue weighted by Crippen LogP contribution is 2.33. The monoisotopic (exact) mass is 339 g/mol. The molecule has 2 aliphatic rings. The van der Waals surface area contributed by atoms with Gasteiger partial charge in [-0.15, -0.1) is 0 Å². The molecule has 0 bridgehead atoms. The predicted octanol–water partition coefficient (Wildman–Crippen LogP) is 4.36. The quantitative estimate of drug-likeness (QED) is 0.669. The van der Waals surface area contributed by atoms with Crippen LogP contribution in [0.15, 0.2) is 48.5 Å². The first-order valence-electron chi connectivity index (χ1n) is 9.10. The lowest BCUT2D eigenvalue weighted by Crippen LogP contribution is -2.24. The summed E-state index contributed by atoms with van der Waals surface area (Å²) in [6.07, 6.45) is 3.77. The minimum atomic E-state index is 0.0308. The maximum Gasteiger partial charge on any atom is 0.174 e. The van der Waals surface area contributed by atoms with E-state index in [2.05, 4.69) is 36.2 Å². The molecule has 1 atom stereocenters. The average molecular weight is 339 g/mol. The largest absolute Gasteiger partial charge is 0.486 e. The van der Waals surface area contributed by atoms with Crippen molar-refractivity contribution in [1.82, 2.24) is 4.90 Å². The second kappa shape index (κ2) is 7.46. The first-order valence-corrected chi connectivity index (χ1v) is 9.10. The van der Waals surface area contributed by atoms with Crippen LogP contribution < -0.4 is 9.62 Å². The van der Waals surface area contributed by atoms with Gasteiger partial charge in [0.05, 0.1) is 0 Å². The zero-order valence-electron chi connectivity index (χ0n) is 14.7. The van der Waals surface area contributed by atoms with Crippen molar-refractivity contribution in [3.8, 4) is 11.5 Å². The number of nitrogens with zero attached hydrogens (tertiary/aromatic N) is 1. The molecule has 0 saturated heterocycles. The van der Waals surface area contributed by atoms with Crippen molar-refractivity contribution in [3.05, 3.63) is 59.7 Å². The molecule has 0 aromatic heterocycles. The van der Waals surface area contributed by atoms with Gasteiger partial charge in [-0.05, 0) is 43.5 Å². The standard InChI is InChI=1S/C21H25NO3/c1-22(14-16-7-8-16)12-11-20(17-5-3-2-4-6-17)24-19-10-9-18-15-23-25-21(18)13-19/h2-6,9-10,13,16,20H,7-8,11-12,14-15H2,1H3. The Labute approximate surface area is 149 Å². The summed E-state index contributed by atoms with van der Waals surface area (Å²) in [7, 11) is 2.21. The molecule has 1 aliphatic heterocycles. The molecule has 0 radical (unpaired) electrons. The van der Waals surface area contributed by atoms with Crippen molar-refractivity contribution in [2.75, 3.05) is 20.1 Å². The third kappa shape index (κ3) is 4.33. The molecule has 0 amide bonds. The zero-order valence-corrected chi connectivity index (χ0v) is 14.7. The van der Waals surface area contributed by atoms with E-state index >= 15 is 0 Å². The Morgan fingerprint density at radius 3 is 2.80 bits per heavy atom. The third-order valence-electron chi connectivity index (χ3n) is 4.89. The molecular weight excluding hydrogens is 314 g/mol. The summed E-state index contributed by atoms with van der Waals surface area (Å²) in [4.78, 5) is 12.6. The molecular formula is C21H25NO3. The van der Waals surface area contributed by atoms with E-state index in [4.69, 9.17) is 14.5 Å². The Hall–Kier alpha value is -2.04. The van der Waals surface area contributed by atoms with Crippen molar-refractivity contribution in [1.29, 1.82) is 0 Å². The van der Waals surface area contributed by atoms with Crippen molar-refractivity contribution in [2.24, 2.45) is 5.92 Å².